The zero-order valence-corrected chi connectivity index (χ0v) is 17.5. The highest BCUT2D eigenvalue weighted by molar-refractivity contribution is 5.36. The van der Waals surface area contributed by atoms with Crippen molar-refractivity contribution in [1.82, 2.24) is 0 Å². The van der Waals surface area contributed by atoms with Gasteiger partial charge >= 0.3 is 0 Å². The summed E-state index contributed by atoms with van der Waals surface area (Å²) in [6.45, 7) is 7.18. The van der Waals surface area contributed by atoms with Crippen molar-refractivity contribution in [3.63, 3.8) is 0 Å². The summed E-state index contributed by atoms with van der Waals surface area (Å²) in [7, 11) is 0. The Kier molecular flexibility index (Phi) is 6.92. The molecule has 0 aliphatic carbocycles. The van der Waals surface area contributed by atoms with E-state index in [2.05, 4.69) is 32.0 Å². The van der Waals surface area contributed by atoms with E-state index in [0.717, 1.165) is 30.6 Å². The second-order valence-corrected chi connectivity index (χ2v) is 7.88. The number of rotatable bonds is 9. The molecule has 152 valence electrons. The van der Waals surface area contributed by atoms with Crippen LogP contribution >= 0.6 is 0 Å². The van der Waals surface area contributed by atoms with E-state index >= 15 is 0 Å². The Hall–Kier alpha value is -2.81. The molecule has 0 atom stereocenters. The van der Waals surface area contributed by atoms with E-state index in [1.165, 1.54) is 11.6 Å². The van der Waals surface area contributed by atoms with Crippen molar-refractivity contribution in [2.24, 2.45) is 0 Å². The third-order valence-corrected chi connectivity index (χ3v) is 5.16. The van der Waals surface area contributed by atoms with E-state index in [1.54, 1.807) is 0 Å². The van der Waals surface area contributed by atoms with E-state index in [1.807, 2.05) is 55.5 Å². The fourth-order valence-electron chi connectivity index (χ4n) is 3.45. The van der Waals surface area contributed by atoms with Crippen LogP contribution in [-0.2, 0) is 11.8 Å². The van der Waals surface area contributed by atoms with Crippen LogP contribution < -0.4 is 9.47 Å². The Morgan fingerprint density at radius 2 is 1.62 bits per heavy atom. The fourth-order valence-corrected chi connectivity index (χ4v) is 3.45. The number of ether oxygens (including phenoxy) is 2. The molecular weight excluding hydrogens is 363 g/mol. The molecule has 0 amide bonds. The highest BCUT2D eigenvalue weighted by Crippen LogP contribution is 2.32. The van der Waals surface area contributed by atoms with Gasteiger partial charge in [0.1, 0.15) is 11.5 Å². The fraction of sp³-hybridized carbons (Fsp3) is 0.308. The van der Waals surface area contributed by atoms with Gasteiger partial charge in [-0.3, -0.25) is 0 Å². The van der Waals surface area contributed by atoms with Gasteiger partial charge in [0.15, 0.2) is 11.6 Å². The zero-order chi connectivity index (χ0) is 20.7. The van der Waals surface area contributed by atoms with Crippen LogP contribution in [0.4, 0.5) is 4.39 Å². The van der Waals surface area contributed by atoms with Gasteiger partial charge in [0.05, 0.1) is 6.61 Å². The smallest absolute Gasteiger partial charge is 0.165 e. The van der Waals surface area contributed by atoms with Gasteiger partial charge in [-0.05, 0) is 79.1 Å². The number of aryl methyl sites for hydroxylation is 1. The van der Waals surface area contributed by atoms with Crippen LogP contribution in [0.2, 0.25) is 0 Å². The first kappa shape index (κ1) is 20.9. The summed E-state index contributed by atoms with van der Waals surface area (Å²) in [5.74, 6) is 1.49. The van der Waals surface area contributed by atoms with Gasteiger partial charge in [0, 0.05) is 0 Å². The number of halogens is 1. The Balaban J connectivity index is 1.62. The van der Waals surface area contributed by atoms with E-state index in [0.29, 0.717) is 12.4 Å². The second kappa shape index (κ2) is 9.60. The van der Waals surface area contributed by atoms with Crippen molar-refractivity contribution >= 4 is 0 Å². The molecule has 3 heteroatoms. The Bertz CT molecular complexity index is 919. The van der Waals surface area contributed by atoms with Gasteiger partial charge in [0.25, 0.3) is 0 Å². The predicted molar refractivity (Wildman–Crippen MR) is 116 cm³/mol. The van der Waals surface area contributed by atoms with Crippen LogP contribution in [0, 0.1) is 5.82 Å². The molecule has 3 rings (SSSR count). The molecular formula is C26H29FO2. The monoisotopic (exact) mass is 392 g/mol. The van der Waals surface area contributed by atoms with Gasteiger partial charge < -0.3 is 9.47 Å². The normalized spacial score (nSPS) is 11.3. The largest absolute Gasteiger partial charge is 0.494 e. The standard InChI is InChI=1S/C26H29FO2/c1-4-28-23-14-8-11-21(19-23)26(2,3)17-9-10-20-15-16-24(27)25(18-20)29-22-12-6-5-7-13-22/h5-8,11-16,18-19H,4,9-10,17H2,1-3H3. The van der Waals surface area contributed by atoms with Crippen molar-refractivity contribution in [3.05, 3.63) is 89.7 Å². The van der Waals surface area contributed by atoms with Crippen LogP contribution in [0.25, 0.3) is 0 Å². The first-order valence-corrected chi connectivity index (χ1v) is 10.2. The molecule has 2 nitrogen and oxygen atoms in total. The highest BCUT2D eigenvalue weighted by atomic mass is 19.1. The van der Waals surface area contributed by atoms with Gasteiger partial charge in [-0.2, -0.15) is 0 Å². The number of benzene rings is 3. The molecule has 0 aliphatic rings. The minimum atomic E-state index is -0.342. The number of hydrogen-bond acceptors (Lipinski definition) is 2. The molecule has 29 heavy (non-hydrogen) atoms. The van der Waals surface area contributed by atoms with Crippen molar-refractivity contribution in [1.29, 1.82) is 0 Å². The lowest BCUT2D eigenvalue weighted by atomic mass is 9.80. The van der Waals surface area contributed by atoms with Crippen LogP contribution in [0.3, 0.4) is 0 Å². The Morgan fingerprint density at radius 3 is 2.38 bits per heavy atom. The molecule has 0 N–H and O–H groups in total. The molecule has 3 aromatic carbocycles. The molecule has 0 saturated carbocycles. The Morgan fingerprint density at radius 1 is 0.862 bits per heavy atom. The summed E-state index contributed by atoms with van der Waals surface area (Å²) in [6.07, 6.45) is 2.90. The minimum Gasteiger partial charge on any atom is -0.494 e. The number of hydrogen-bond donors (Lipinski definition) is 0. The van der Waals surface area contributed by atoms with Gasteiger partial charge in [-0.15, -0.1) is 0 Å². The molecule has 0 unspecified atom stereocenters. The van der Waals surface area contributed by atoms with Gasteiger partial charge in [-0.25, -0.2) is 4.39 Å². The average Bonchev–Trinajstić information content (AvgIpc) is 2.71. The van der Waals surface area contributed by atoms with E-state index in [-0.39, 0.29) is 17.0 Å². The van der Waals surface area contributed by atoms with Crippen molar-refractivity contribution in [3.8, 4) is 17.2 Å². The summed E-state index contributed by atoms with van der Waals surface area (Å²) in [5.41, 5.74) is 2.39. The maximum absolute atomic E-state index is 14.2. The third-order valence-electron chi connectivity index (χ3n) is 5.16. The Labute approximate surface area is 173 Å². The van der Waals surface area contributed by atoms with Crippen LogP contribution in [-0.4, -0.2) is 6.61 Å². The lowest BCUT2D eigenvalue weighted by molar-refractivity contribution is 0.338. The summed E-state index contributed by atoms with van der Waals surface area (Å²) < 4.78 is 25.5. The van der Waals surface area contributed by atoms with Gasteiger partial charge in [0.2, 0.25) is 0 Å². The maximum Gasteiger partial charge on any atom is 0.165 e. The SMILES string of the molecule is CCOc1cccc(C(C)(C)CCCc2ccc(F)c(Oc3ccccc3)c2)c1. The molecule has 0 radical (unpaired) electrons. The predicted octanol–water partition coefficient (Wildman–Crippen LogP) is 7.32. The lowest BCUT2D eigenvalue weighted by Crippen LogP contribution is -2.17. The quantitative estimate of drug-likeness (QED) is 0.380. The van der Waals surface area contributed by atoms with Crippen molar-refractivity contribution < 1.29 is 13.9 Å². The van der Waals surface area contributed by atoms with E-state index in [4.69, 9.17) is 9.47 Å². The molecule has 0 bridgehead atoms. The average molecular weight is 393 g/mol. The highest BCUT2D eigenvalue weighted by Gasteiger charge is 2.20. The third kappa shape index (κ3) is 5.83. The topological polar surface area (TPSA) is 18.5 Å². The minimum absolute atomic E-state index is 0.0382. The van der Waals surface area contributed by atoms with Crippen molar-refractivity contribution in [2.45, 2.75) is 45.4 Å². The summed E-state index contributed by atoms with van der Waals surface area (Å²) in [5, 5.41) is 0. The first-order valence-electron chi connectivity index (χ1n) is 10.2. The van der Waals surface area contributed by atoms with E-state index in [9.17, 15) is 4.39 Å². The van der Waals surface area contributed by atoms with Gasteiger partial charge in [-0.1, -0.05) is 50.2 Å². The molecule has 0 aromatic heterocycles. The molecule has 0 heterocycles. The van der Waals surface area contributed by atoms with Crippen LogP contribution in [0.5, 0.6) is 17.2 Å². The molecule has 0 fully saturated rings. The summed E-state index contributed by atoms with van der Waals surface area (Å²) in [4.78, 5) is 0. The molecule has 0 aliphatic heterocycles. The molecule has 0 spiro atoms. The van der Waals surface area contributed by atoms with Crippen molar-refractivity contribution in [2.75, 3.05) is 6.61 Å². The summed E-state index contributed by atoms with van der Waals surface area (Å²) >= 11 is 0. The van der Waals surface area contributed by atoms with E-state index < -0.39 is 0 Å². The van der Waals surface area contributed by atoms with Crippen LogP contribution in [0.15, 0.2) is 72.8 Å². The second-order valence-electron chi connectivity index (χ2n) is 7.88. The maximum atomic E-state index is 14.2. The number of para-hydroxylation sites is 1. The lowest BCUT2D eigenvalue weighted by Gasteiger charge is -2.26. The first-order chi connectivity index (χ1) is 14.0. The zero-order valence-electron chi connectivity index (χ0n) is 17.5. The molecule has 0 saturated heterocycles. The molecule has 3 aromatic rings. The van der Waals surface area contributed by atoms with Crippen LogP contribution in [0.1, 0.15) is 44.7 Å². The summed E-state index contributed by atoms with van der Waals surface area (Å²) in [6, 6.07) is 22.8.